The van der Waals surface area contributed by atoms with Crippen molar-refractivity contribution in [3.63, 3.8) is 0 Å². The Hall–Kier alpha value is -0.565. The largest absolute Gasteiger partial charge is 1.00 e. The maximum atomic E-state index is 5.78. The summed E-state index contributed by atoms with van der Waals surface area (Å²) in [5.74, 6) is 1.98. The quantitative estimate of drug-likeness (QED) is 0.366. The number of hydrogen-bond acceptors (Lipinski definition) is 1. The number of benzene rings is 2. The summed E-state index contributed by atoms with van der Waals surface area (Å²) in [5, 5.41) is 0. The molecule has 72 valence electrons. The number of rotatable bonds is 0. The summed E-state index contributed by atoms with van der Waals surface area (Å²) in [5.41, 5.74) is 2.54. The van der Waals surface area contributed by atoms with Crippen LogP contribution in [-0.2, 0) is 6.42 Å². The van der Waals surface area contributed by atoms with Crippen molar-refractivity contribution in [2.24, 2.45) is 0 Å². The van der Waals surface area contributed by atoms with E-state index < -0.39 is 0 Å². The van der Waals surface area contributed by atoms with Crippen LogP contribution in [0.15, 0.2) is 48.5 Å². The molecule has 3 heteroatoms. The third-order valence-corrected chi connectivity index (χ3v) is 2.55. The van der Waals surface area contributed by atoms with Gasteiger partial charge in [-0.1, -0.05) is 36.4 Å². The van der Waals surface area contributed by atoms with Crippen molar-refractivity contribution in [3.8, 4) is 11.5 Å². The summed E-state index contributed by atoms with van der Waals surface area (Å²) < 4.78 is 5.78. The fourth-order valence-electron chi connectivity index (χ4n) is 1.82. The normalized spacial score (nSPS) is 11.0. The fourth-order valence-corrected chi connectivity index (χ4v) is 1.82. The zero-order valence-electron chi connectivity index (χ0n) is 11.7. The molecule has 0 bridgehead atoms. The van der Waals surface area contributed by atoms with Crippen molar-refractivity contribution < 1.29 is 45.3 Å². The standard InChI is InChI=1S/C13H10O.2Li.2H/c1-3-7-12-10(5-1)9-11-6-2-4-8-13(11)14-12;;;;/h1-8H,9H2;;;;/q;2*+1;2*-1. The topological polar surface area (TPSA) is 9.23 Å². The molecule has 3 rings (SSSR count). The SMILES string of the molecule is [H-].[H-].[Li+].[Li+].c1ccc2c(c1)Cc1ccccc1O2. The fraction of sp³-hybridized carbons (Fsp3) is 0.0769. The van der Waals surface area contributed by atoms with Crippen molar-refractivity contribution in [1.82, 2.24) is 0 Å². The van der Waals surface area contributed by atoms with Gasteiger partial charge in [-0.3, -0.25) is 0 Å². The van der Waals surface area contributed by atoms with Gasteiger partial charge in [0.15, 0.2) is 0 Å². The van der Waals surface area contributed by atoms with Gasteiger partial charge in [-0.2, -0.15) is 0 Å². The first-order valence-corrected chi connectivity index (χ1v) is 4.77. The average molecular weight is 198 g/mol. The van der Waals surface area contributed by atoms with Crippen molar-refractivity contribution in [2.75, 3.05) is 0 Å². The van der Waals surface area contributed by atoms with Crippen molar-refractivity contribution in [2.45, 2.75) is 6.42 Å². The van der Waals surface area contributed by atoms with Gasteiger partial charge in [0.1, 0.15) is 11.5 Å². The van der Waals surface area contributed by atoms with Gasteiger partial charge in [-0.15, -0.1) is 0 Å². The molecule has 0 unspecified atom stereocenters. The van der Waals surface area contributed by atoms with E-state index in [-0.39, 0.29) is 40.6 Å². The summed E-state index contributed by atoms with van der Waals surface area (Å²) in [4.78, 5) is 0. The van der Waals surface area contributed by atoms with Crippen LogP contribution in [0.1, 0.15) is 14.0 Å². The van der Waals surface area contributed by atoms with Gasteiger partial charge in [-0.05, 0) is 23.3 Å². The zero-order chi connectivity index (χ0) is 9.38. The van der Waals surface area contributed by atoms with Crippen LogP contribution in [0.25, 0.3) is 0 Å². The summed E-state index contributed by atoms with van der Waals surface area (Å²) >= 11 is 0. The van der Waals surface area contributed by atoms with Gasteiger partial charge in [0.2, 0.25) is 0 Å². The van der Waals surface area contributed by atoms with Gasteiger partial charge in [0, 0.05) is 6.42 Å². The number of ether oxygens (including phenoxy) is 1. The third-order valence-electron chi connectivity index (χ3n) is 2.55. The molecular formula is C13H12Li2O. The van der Waals surface area contributed by atoms with E-state index in [1.54, 1.807) is 0 Å². The number of para-hydroxylation sites is 2. The Kier molecular flexibility index (Phi) is 4.78. The Morgan fingerprint density at radius 2 is 1.19 bits per heavy atom. The van der Waals surface area contributed by atoms with E-state index in [0.29, 0.717) is 0 Å². The maximum absolute atomic E-state index is 5.78. The van der Waals surface area contributed by atoms with Crippen LogP contribution >= 0.6 is 0 Å². The molecule has 0 radical (unpaired) electrons. The summed E-state index contributed by atoms with van der Waals surface area (Å²) in [7, 11) is 0. The number of fused-ring (bicyclic) bond motifs is 2. The van der Waals surface area contributed by atoms with E-state index in [0.717, 1.165) is 17.9 Å². The van der Waals surface area contributed by atoms with Gasteiger partial charge in [-0.25, -0.2) is 0 Å². The van der Waals surface area contributed by atoms with E-state index in [2.05, 4.69) is 24.3 Å². The van der Waals surface area contributed by atoms with Gasteiger partial charge in [0.05, 0.1) is 0 Å². The van der Waals surface area contributed by atoms with Gasteiger partial charge in [0.25, 0.3) is 0 Å². The first kappa shape index (κ1) is 13.5. The minimum atomic E-state index is 0. The van der Waals surface area contributed by atoms with Crippen LogP contribution in [0.3, 0.4) is 0 Å². The molecule has 2 aromatic rings. The van der Waals surface area contributed by atoms with E-state index in [9.17, 15) is 0 Å². The maximum Gasteiger partial charge on any atom is 1.00 e. The third kappa shape index (κ3) is 2.40. The van der Waals surface area contributed by atoms with E-state index in [1.807, 2.05) is 24.3 Å². The van der Waals surface area contributed by atoms with Gasteiger partial charge < -0.3 is 7.59 Å². The Bertz CT molecular complexity index is 404. The van der Waals surface area contributed by atoms with Crippen LogP contribution in [0.5, 0.6) is 11.5 Å². The van der Waals surface area contributed by atoms with Crippen LogP contribution in [0, 0.1) is 0 Å². The molecular weight excluding hydrogens is 186 g/mol. The predicted octanol–water partition coefficient (Wildman–Crippen LogP) is -2.38. The Labute approximate surface area is 123 Å². The summed E-state index contributed by atoms with van der Waals surface area (Å²) in [6.45, 7) is 0. The van der Waals surface area contributed by atoms with Crippen LogP contribution in [0.2, 0.25) is 0 Å². The number of hydrogen-bond donors (Lipinski definition) is 0. The van der Waals surface area contributed by atoms with Gasteiger partial charge >= 0.3 is 37.7 Å². The second-order valence-corrected chi connectivity index (χ2v) is 3.49. The zero-order valence-corrected chi connectivity index (χ0v) is 9.73. The molecule has 2 aromatic carbocycles. The molecule has 0 spiro atoms. The van der Waals surface area contributed by atoms with E-state index in [1.165, 1.54) is 11.1 Å². The van der Waals surface area contributed by atoms with E-state index in [4.69, 9.17) is 4.74 Å². The molecule has 1 aliphatic rings. The molecule has 0 aromatic heterocycles. The first-order valence-electron chi connectivity index (χ1n) is 4.77. The predicted molar refractivity (Wildman–Crippen MR) is 58.0 cm³/mol. The smallest absolute Gasteiger partial charge is 1.00 e. The van der Waals surface area contributed by atoms with Crippen molar-refractivity contribution in [3.05, 3.63) is 59.7 Å². The molecule has 0 saturated heterocycles. The molecule has 0 N–H and O–H groups in total. The van der Waals surface area contributed by atoms with E-state index >= 15 is 0 Å². The minimum absolute atomic E-state index is 0. The Morgan fingerprint density at radius 1 is 0.750 bits per heavy atom. The summed E-state index contributed by atoms with van der Waals surface area (Å²) in [6.07, 6.45) is 0.979. The van der Waals surface area contributed by atoms with Crippen LogP contribution in [-0.4, -0.2) is 0 Å². The summed E-state index contributed by atoms with van der Waals surface area (Å²) in [6, 6.07) is 16.4. The second kappa shape index (κ2) is 5.67. The molecule has 16 heavy (non-hydrogen) atoms. The molecule has 1 nitrogen and oxygen atoms in total. The molecule has 1 heterocycles. The Morgan fingerprint density at radius 3 is 1.69 bits per heavy atom. The first-order chi connectivity index (χ1) is 6.93. The molecule has 0 fully saturated rings. The van der Waals surface area contributed by atoms with Crippen LogP contribution < -0.4 is 42.5 Å². The second-order valence-electron chi connectivity index (χ2n) is 3.49. The minimum Gasteiger partial charge on any atom is -1.00 e. The molecule has 0 atom stereocenters. The molecule has 0 saturated carbocycles. The van der Waals surface area contributed by atoms with Crippen molar-refractivity contribution >= 4 is 0 Å². The average Bonchev–Trinajstić information content (AvgIpc) is 2.26. The molecule has 0 aliphatic carbocycles. The van der Waals surface area contributed by atoms with Crippen molar-refractivity contribution in [1.29, 1.82) is 0 Å². The van der Waals surface area contributed by atoms with Crippen LogP contribution in [0.4, 0.5) is 0 Å². The monoisotopic (exact) mass is 198 g/mol. The molecule has 0 amide bonds. The Balaban J connectivity index is 0. The molecule has 1 aliphatic heterocycles.